The Morgan fingerprint density at radius 2 is 2.50 bits per heavy atom. The van der Waals surface area contributed by atoms with Crippen molar-refractivity contribution in [2.75, 3.05) is 0 Å². The van der Waals surface area contributed by atoms with Crippen LogP contribution >= 0.6 is 0 Å². The third-order valence-electron chi connectivity index (χ3n) is 2.25. The fraction of sp³-hybridized carbons (Fsp3) is 0.625. The van der Waals surface area contributed by atoms with Crippen LogP contribution in [0, 0.1) is 0 Å². The molecule has 10 heavy (non-hydrogen) atoms. The van der Waals surface area contributed by atoms with Crippen LogP contribution in [-0.2, 0) is 0 Å². The number of fused-ring (bicyclic) bond motifs is 1. The normalized spacial score (nSPS) is 30.4. The van der Waals surface area contributed by atoms with Crippen LogP contribution in [0.4, 0.5) is 0 Å². The highest BCUT2D eigenvalue weighted by molar-refractivity contribution is 5.57. The van der Waals surface area contributed by atoms with Gasteiger partial charge in [-0.3, -0.25) is 5.32 Å². The molecule has 1 atom stereocenters. The standard InChI is InChI=1S/C8H12N2/c1-2-4-8-7(3-1)5-9-6-10-8/h5-6,8,10H,1-4H2/q+1. The Kier molecular flexibility index (Phi) is 1.46. The Labute approximate surface area is 61.0 Å². The van der Waals surface area contributed by atoms with E-state index in [9.17, 15) is 0 Å². The molecule has 1 heterocycles. The lowest BCUT2D eigenvalue weighted by Crippen LogP contribution is -2.35. The van der Waals surface area contributed by atoms with Gasteiger partial charge in [0.25, 0.3) is 6.34 Å². The average Bonchev–Trinajstić information content (AvgIpc) is 2.05. The number of hydrogen-bond donors (Lipinski definition) is 1. The van der Waals surface area contributed by atoms with Gasteiger partial charge in [-0.05, 0) is 25.7 Å². The Hall–Kier alpha value is -0.790. The second kappa shape index (κ2) is 2.45. The lowest BCUT2D eigenvalue weighted by atomic mass is 9.90. The van der Waals surface area contributed by atoms with Gasteiger partial charge in [-0.1, -0.05) is 4.99 Å². The molecule has 1 aliphatic heterocycles. The van der Waals surface area contributed by atoms with E-state index in [1.54, 1.807) is 6.34 Å². The van der Waals surface area contributed by atoms with Crippen molar-refractivity contribution in [2.45, 2.75) is 31.7 Å². The number of nitrogens with zero attached hydrogens (tertiary/aromatic N) is 1. The third kappa shape index (κ3) is 0.939. The summed E-state index contributed by atoms with van der Waals surface area (Å²) >= 11 is 0. The first-order valence-electron chi connectivity index (χ1n) is 3.93. The van der Waals surface area contributed by atoms with Crippen LogP contribution in [0.15, 0.2) is 11.8 Å². The van der Waals surface area contributed by atoms with Crippen molar-refractivity contribution in [3.8, 4) is 0 Å². The number of nitrogens with one attached hydrogen (secondary N) is 1. The van der Waals surface area contributed by atoms with Gasteiger partial charge in [-0.2, -0.15) is 0 Å². The van der Waals surface area contributed by atoms with Gasteiger partial charge in [0, 0.05) is 5.57 Å². The van der Waals surface area contributed by atoms with Gasteiger partial charge in [-0.25, -0.2) is 0 Å². The molecule has 53 valence electrons. The van der Waals surface area contributed by atoms with E-state index in [4.69, 9.17) is 0 Å². The average molecular weight is 136 g/mol. The maximum Gasteiger partial charge on any atom is 0.279 e. The topological polar surface area (TPSA) is 26.1 Å². The number of aliphatic imine (C=N–C) groups is 1. The van der Waals surface area contributed by atoms with Crippen molar-refractivity contribution in [1.29, 1.82) is 0 Å². The van der Waals surface area contributed by atoms with Crippen molar-refractivity contribution in [1.82, 2.24) is 10.3 Å². The predicted molar refractivity (Wildman–Crippen MR) is 41.7 cm³/mol. The van der Waals surface area contributed by atoms with Gasteiger partial charge in [0.05, 0.1) is 0 Å². The number of hydrogen-bond acceptors (Lipinski definition) is 2. The van der Waals surface area contributed by atoms with Crippen LogP contribution in [0.25, 0.3) is 0 Å². The smallest absolute Gasteiger partial charge is 0.271 e. The molecule has 0 aromatic heterocycles. The van der Waals surface area contributed by atoms with Crippen LogP contribution in [-0.4, -0.2) is 12.4 Å². The summed E-state index contributed by atoms with van der Waals surface area (Å²) in [6, 6.07) is 0.617. The molecule has 0 spiro atoms. The quantitative estimate of drug-likeness (QED) is 0.523. The lowest BCUT2D eigenvalue weighted by molar-refractivity contribution is 0.500. The van der Waals surface area contributed by atoms with E-state index in [0.717, 1.165) is 0 Å². The van der Waals surface area contributed by atoms with Crippen molar-refractivity contribution >= 4 is 6.34 Å². The minimum absolute atomic E-state index is 0.617. The fourth-order valence-corrected chi connectivity index (χ4v) is 1.65. The van der Waals surface area contributed by atoms with Crippen LogP contribution in [0.3, 0.4) is 0 Å². The van der Waals surface area contributed by atoms with E-state index < -0.39 is 0 Å². The first-order valence-corrected chi connectivity index (χ1v) is 3.93. The molecule has 2 aliphatic rings. The van der Waals surface area contributed by atoms with Gasteiger partial charge in [-0.15, -0.1) is 0 Å². The second-order valence-corrected chi connectivity index (χ2v) is 2.95. The Balaban J connectivity index is 2.14. The highest BCUT2D eigenvalue weighted by Gasteiger charge is 2.23. The predicted octanol–water partition coefficient (Wildman–Crippen LogP) is 0.780. The maximum absolute atomic E-state index is 4.06. The summed E-state index contributed by atoms with van der Waals surface area (Å²) in [6.45, 7) is 0. The van der Waals surface area contributed by atoms with E-state index in [1.807, 2.05) is 6.20 Å². The van der Waals surface area contributed by atoms with E-state index in [-0.39, 0.29) is 0 Å². The largest absolute Gasteiger partial charge is 0.279 e. The van der Waals surface area contributed by atoms with Crippen LogP contribution < -0.4 is 10.3 Å². The summed E-state index contributed by atoms with van der Waals surface area (Å²) in [5.74, 6) is 0. The van der Waals surface area contributed by atoms with Crippen molar-refractivity contribution in [2.24, 2.45) is 0 Å². The van der Waals surface area contributed by atoms with Crippen LogP contribution in [0.1, 0.15) is 25.7 Å². The maximum atomic E-state index is 4.06. The molecule has 1 aliphatic carbocycles. The molecule has 0 bridgehead atoms. The van der Waals surface area contributed by atoms with E-state index in [0.29, 0.717) is 6.04 Å². The SMILES string of the molecule is C1=[N+]C=C2CCCCC2N1. The minimum atomic E-state index is 0.617. The molecule has 0 amide bonds. The number of rotatable bonds is 0. The molecule has 1 radical (unpaired) electrons. The first-order chi connectivity index (χ1) is 4.97. The first kappa shape index (κ1) is 5.96. The van der Waals surface area contributed by atoms with E-state index >= 15 is 0 Å². The molecule has 1 N–H and O–H groups in total. The fourth-order valence-electron chi connectivity index (χ4n) is 1.65. The zero-order valence-electron chi connectivity index (χ0n) is 6.01. The highest BCUT2D eigenvalue weighted by atomic mass is 15.0. The molecular weight excluding hydrogens is 124 g/mol. The summed E-state index contributed by atoms with van der Waals surface area (Å²) in [7, 11) is 0. The summed E-state index contributed by atoms with van der Waals surface area (Å²) in [5.41, 5.74) is 1.49. The molecule has 1 fully saturated rings. The van der Waals surface area contributed by atoms with Crippen LogP contribution in [0.5, 0.6) is 0 Å². The van der Waals surface area contributed by atoms with Crippen molar-refractivity contribution in [3.63, 3.8) is 0 Å². The van der Waals surface area contributed by atoms with Crippen LogP contribution in [0.2, 0.25) is 0 Å². The molecule has 0 saturated heterocycles. The summed E-state index contributed by atoms with van der Waals surface area (Å²) in [6.07, 6.45) is 9.06. The summed E-state index contributed by atoms with van der Waals surface area (Å²) in [5, 5.41) is 3.26. The molecule has 1 saturated carbocycles. The van der Waals surface area contributed by atoms with Gasteiger partial charge >= 0.3 is 0 Å². The zero-order valence-corrected chi connectivity index (χ0v) is 6.01. The minimum Gasteiger partial charge on any atom is -0.271 e. The Morgan fingerprint density at radius 1 is 1.50 bits per heavy atom. The molecule has 0 aromatic carbocycles. The van der Waals surface area contributed by atoms with Crippen molar-refractivity contribution in [3.05, 3.63) is 11.8 Å². The van der Waals surface area contributed by atoms with Gasteiger partial charge in [0.15, 0.2) is 0 Å². The monoisotopic (exact) mass is 136 g/mol. The molecule has 1 unspecified atom stereocenters. The summed E-state index contributed by atoms with van der Waals surface area (Å²) in [4.78, 5) is 4.06. The summed E-state index contributed by atoms with van der Waals surface area (Å²) < 4.78 is 0. The molecule has 0 aromatic rings. The second-order valence-electron chi connectivity index (χ2n) is 2.95. The van der Waals surface area contributed by atoms with E-state index in [1.165, 1.54) is 31.3 Å². The van der Waals surface area contributed by atoms with Gasteiger partial charge in [0.1, 0.15) is 12.2 Å². The zero-order chi connectivity index (χ0) is 6.81. The Bertz CT molecular complexity index is 182. The Morgan fingerprint density at radius 3 is 3.40 bits per heavy atom. The van der Waals surface area contributed by atoms with Crippen molar-refractivity contribution < 1.29 is 0 Å². The lowest BCUT2D eigenvalue weighted by Gasteiger charge is -2.21. The highest BCUT2D eigenvalue weighted by Crippen LogP contribution is 2.23. The van der Waals surface area contributed by atoms with E-state index in [2.05, 4.69) is 10.3 Å². The molecular formula is C8H12N2+. The molecule has 2 nitrogen and oxygen atoms in total. The van der Waals surface area contributed by atoms with Gasteiger partial charge in [0.2, 0.25) is 0 Å². The van der Waals surface area contributed by atoms with Gasteiger partial charge < -0.3 is 0 Å². The molecule has 2 rings (SSSR count). The molecule has 2 heteroatoms. The third-order valence-corrected chi connectivity index (χ3v) is 2.25.